The van der Waals surface area contributed by atoms with Crippen LogP contribution < -0.4 is 5.32 Å². The van der Waals surface area contributed by atoms with Gasteiger partial charge in [-0.3, -0.25) is 4.68 Å². The van der Waals surface area contributed by atoms with E-state index in [1.165, 1.54) is 6.07 Å². The molecule has 0 bridgehead atoms. The van der Waals surface area contributed by atoms with Crippen LogP contribution in [0.2, 0.25) is 5.02 Å². The van der Waals surface area contributed by atoms with Crippen LogP contribution in [-0.4, -0.2) is 20.9 Å². The zero-order chi connectivity index (χ0) is 14.0. The average molecular weight is 280 g/mol. The molecule has 0 unspecified atom stereocenters. The molecule has 100 valence electrons. The highest BCUT2D eigenvalue weighted by atomic mass is 35.5. The summed E-state index contributed by atoms with van der Waals surface area (Å²) in [6, 6.07) is 4.76. The van der Waals surface area contributed by atoms with Gasteiger partial charge in [-0.25, -0.2) is 4.79 Å². The number of rotatable bonds is 4. The minimum atomic E-state index is -1.01. The number of hydrogen-bond donors (Lipinski definition) is 2. The minimum Gasteiger partial charge on any atom is -0.478 e. The van der Waals surface area contributed by atoms with Gasteiger partial charge in [-0.2, -0.15) is 5.10 Å². The lowest BCUT2D eigenvalue weighted by Crippen LogP contribution is -2.07. The molecule has 0 aliphatic heterocycles. The summed E-state index contributed by atoms with van der Waals surface area (Å²) in [5, 5.41) is 16.8. The summed E-state index contributed by atoms with van der Waals surface area (Å²) < 4.78 is 1.77. The summed E-state index contributed by atoms with van der Waals surface area (Å²) in [6.07, 6.45) is 1.76. The van der Waals surface area contributed by atoms with Crippen LogP contribution in [0.25, 0.3) is 0 Å². The number of aromatic carboxylic acids is 1. The highest BCUT2D eigenvalue weighted by molar-refractivity contribution is 6.31. The number of aryl methyl sites for hydroxylation is 1. The van der Waals surface area contributed by atoms with E-state index in [2.05, 4.69) is 10.4 Å². The first-order valence-corrected chi connectivity index (χ1v) is 6.11. The Balaban J connectivity index is 2.20. The molecule has 2 aromatic rings. The topological polar surface area (TPSA) is 67.2 Å². The largest absolute Gasteiger partial charge is 0.478 e. The van der Waals surface area contributed by atoms with Crippen molar-refractivity contribution >= 4 is 23.3 Å². The van der Waals surface area contributed by atoms with Crippen molar-refractivity contribution in [3.8, 4) is 0 Å². The van der Waals surface area contributed by atoms with Crippen LogP contribution in [0.4, 0.5) is 5.69 Å². The van der Waals surface area contributed by atoms with Crippen LogP contribution in [0, 0.1) is 6.92 Å². The number of benzene rings is 1. The van der Waals surface area contributed by atoms with Crippen LogP contribution in [0.3, 0.4) is 0 Å². The summed E-state index contributed by atoms with van der Waals surface area (Å²) in [4.78, 5) is 11.1. The lowest BCUT2D eigenvalue weighted by Gasteiger charge is -2.09. The molecule has 1 aromatic heterocycles. The molecule has 0 aliphatic rings. The number of carboxylic acid groups (broad SMARTS) is 1. The van der Waals surface area contributed by atoms with Gasteiger partial charge in [0, 0.05) is 35.6 Å². The highest BCUT2D eigenvalue weighted by Gasteiger charge is 2.11. The monoisotopic (exact) mass is 279 g/mol. The average Bonchev–Trinajstić information content (AvgIpc) is 2.68. The second-order valence-electron chi connectivity index (χ2n) is 4.23. The molecule has 0 spiro atoms. The van der Waals surface area contributed by atoms with Crippen molar-refractivity contribution in [2.24, 2.45) is 7.05 Å². The Morgan fingerprint density at radius 2 is 2.26 bits per heavy atom. The number of anilines is 1. The van der Waals surface area contributed by atoms with Gasteiger partial charge in [0.2, 0.25) is 0 Å². The molecule has 1 aromatic carbocycles. The number of carboxylic acids is 1. The Bertz CT molecular complexity index is 622. The van der Waals surface area contributed by atoms with E-state index in [0.29, 0.717) is 17.3 Å². The third-order valence-corrected chi connectivity index (χ3v) is 3.25. The van der Waals surface area contributed by atoms with Gasteiger partial charge in [-0.1, -0.05) is 11.6 Å². The standard InChI is InChI=1S/C13H14ClN3O2/c1-8-9(7-16-17(8)2)6-15-12-4-3-10(14)5-11(12)13(18)19/h3-5,7,15H,6H2,1-2H3,(H,18,19). The van der Waals surface area contributed by atoms with Gasteiger partial charge >= 0.3 is 5.97 Å². The van der Waals surface area contributed by atoms with Crippen LogP contribution in [0.15, 0.2) is 24.4 Å². The van der Waals surface area contributed by atoms with Crippen molar-refractivity contribution in [2.75, 3.05) is 5.32 Å². The van der Waals surface area contributed by atoms with Gasteiger partial charge in [0.15, 0.2) is 0 Å². The molecule has 0 radical (unpaired) electrons. The molecule has 5 nitrogen and oxygen atoms in total. The fourth-order valence-electron chi connectivity index (χ4n) is 1.76. The second-order valence-corrected chi connectivity index (χ2v) is 4.66. The fourth-order valence-corrected chi connectivity index (χ4v) is 1.93. The van der Waals surface area contributed by atoms with E-state index >= 15 is 0 Å². The molecular formula is C13H14ClN3O2. The second kappa shape index (κ2) is 5.32. The van der Waals surface area contributed by atoms with Crippen molar-refractivity contribution in [2.45, 2.75) is 13.5 Å². The summed E-state index contributed by atoms with van der Waals surface area (Å²) >= 11 is 5.80. The van der Waals surface area contributed by atoms with E-state index in [1.807, 2.05) is 14.0 Å². The molecule has 0 aliphatic carbocycles. The first-order chi connectivity index (χ1) is 8.99. The van der Waals surface area contributed by atoms with Gasteiger partial charge < -0.3 is 10.4 Å². The Morgan fingerprint density at radius 3 is 2.84 bits per heavy atom. The molecular weight excluding hydrogens is 266 g/mol. The van der Waals surface area contributed by atoms with E-state index in [0.717, 1.165) is 11.3 Å². The van der Waals surface area contributed by atoms with Gasteiger partial charge in [-0.05, 0) is 25.1 Å². The summed E-state index contributed by atoms with van der Waals surface area (Å²) in [5.41, 5.74) is 2.77. The SMILES string of the molecule is Cc1c(CNc2ccc(Cl)cc2C(=O)O)cnn1C. The summed E-state index contributed by atoms with van der Waals surface area (Å²) in [6.45, 7) is 2.48. The van der Waals surface area contributed by atoms with Gasteiger partial charge in [0.1, 0.15) is 0 Å². The number of nitrogens with one attached hydrogen (secondary N) is 1. The summed E-state index contributed by atoms with van der Waals surface area (Å²) in [7, 11) is 1.86. The molecule has 19 heavy (non-hydrogen) atoms. The minimum absolute atomic E-state index is 0.161. The molecule has 6 heteroatoms. The van der Waals surface area contributed by atoms with Crippen molar-refractivity contribution in [3.05, 3.63) is 46.2 Å². The van der Waals surface area contributed by atoms with Crippen LogP contribution in [0.5, 0.6) is 0 Å². The molecule has 1 heterocycles. The quantitative estimate of drug-likeness (QED) is 0.903. The van der Waals surface area contributed by atoms with E-state index in [4.69, 9.17) is 16.7 Å². The predicted octanol–water partition coefficient (Wildman–Crippen LogP) is 2.69. The van der Waals surface area contributed by atoms with Gasteiger partial charge in [-0.15, -0.1) is 0 Å². The van der Waals surface area contributed by atoms with Crippen molar-refractivity contribution in [1.29, 1.82) is 0 Å². The molecule has 0 atom stereocenters. The lowest BCUT2D eigenvalue weighted by molar-refractivity contribution is 0.0698. The van der Waals surface area contributed by atoms with Crippen molar-refractivity contribution in [1.82, 2.24) is 9.78 Å². The Hall–Kier alpha value is -2.01. The van der Waals surface area contributed by atoms with E-state index in [1.54, 1.807) is 23.0 Å². The Labute approximate surface area is 115 Å². The maximum absolute atomic E-state index is 11.1. The van der Waals surface area contributed by atoms with Crippen molar-refractivity contribution in [3.63, 3.8) is 0 Å². The van der Waals surface area contributed by atoms with Crippen LogP contribution in [-0.2, 0) is 13.6 Å². The maximum Gasteiger partial charge on any atom is 0.337 e. The van der Waals surface area contributed by atoms with E-state index < -0.39 is 5.97 Å². The molecule has 0 saturated carbocycles. The third-order valence-electron chi connectivity index (χ3n) is 3.02. The highest BCUT2D eigenvalue weighted by Crippen LogP contribution is 2.21. The zero-order valence-electron chi connectivity index (χ0n) is 10.6. The van der Waals surface area contributed by atoms with E-state index in [-0.39, 0.29) is 5.56 Å². The Morgan fingerprint density at radius 1 is 1.53 bits per heavy atom. The van der Waals surface area contributed by atoms with Gasteiger partial charge in [0.25, 0.3) is 0 Å². The van der Waals surface area contributed by atoms with Crippen LogP contribution in [0.1, 0.15) is 21.6 Å². The number of nitrogens with zero attached hydrogens (tertiary/aromatic N) is 2. The molecule has 0 fully saturated rings. The van der Waals surface area contributed by atoms with E-state index in [9.17, 15) is 4.79 Å². The fraction of sp³-hybridized carbons (Fsp3) is 0.231. The number of aromatic nitrogens is 2. The number of carbonyl (C=O) groups is 1. The van der Waals surface area contributed by atoms with Gasteiger partial charge in [0.05, 0.1) is 11.8 Å². The maximum atomic E-state index is 11.1. The molecule has 2 N–H and O–H groups in total. The van der Waals surface area contributed by atoms with Crippen LogP contribution >= 0.6 is 11.6 Å². The zero-order valence-corrected chi connectivity index (χ0v) is 11.4. The Kier molecular flexibility index (Phi) is 3.76. The number of halogens is 1. The smallest absolute Gasteiger partial charge is 0.337 e. The molecule has 2 rings (SSSR count). The first kappa shape index (κ1) is 13.4. The van der Waals surface area contributed by atoms with Crippen molar-refractivity contribution < 1.29 is 9.90 Å². The first-order valence-electron chi connectivity index (χ1n) is 5.73. The summed E-state index contributed by atoms with van der Waals surface area (Å²) in [5.74, 6) is -1.01. The normalized spacial score (nSPS) is 10.5. The number of hydrogen-bond acceptors (Lipinski definition) is 3. The molecule has 0 saturated heterocycles. The molecule has 0 amide bonds. The lowest BCUT2D eigenvalue weighted by atomic mass is 10.1. The third kappa shape index (κ3) is 2.88. The predicted molar refractivity (Wildman–Crippen MR) is 73.7 cm³/mol.